The van der Waals surface area contributed by atoms with Crippen LogP contribution in [0.4, 0.5) is 5.69 Å². The van der Waals surface area contributed by atoms with Gasteiger partial charge in [0, 0.05) is 12.1 Å². The molecule has 3 heteroatoms. The summed E-state index contributed by atoms with van der Waals surface area (Å²) < 4.78 is 0. The van der Waals surface area contributed by atoms with Gasteiger partial charge in [0.05, 0.1) is 11.9 Å². The van der Waals surface area contributed by atoms with Crippen LogP contribution < -0.4 is 11.5 Å². The highest BCUT2D eigenvalue weighted by Crippen LogP contribution is 2.17. The molecule has 0 saturated heterocycles. The maximum absolute atomic E-state index is 5.83. The number of hydrogen-bond acceptors (Lipinski definition) is 3. The van der Waals surface area contributed by atoms with Crippen LogP contribution in [0.1, 0.15) is 31.2 Å². The van der Waals surface area contributed by atoms with E-state index < -0.39 is 0 Å². The number of amidine groups is 1. The average molecular weight is 217 g/mol. The van der Waals surface area contributed by atoms with E-state index in [2.05, 4.69) is 17.1 Å². The highest BCUT2D eigenvalue weighted by atomic mass is 14.9. The van der Waals surface area contributed by atoms with Gasteiger partial charge in [0.1, 0.15) is 0 Å². The van der Waals surface area contributed by atoms with Crippen LogP contribution in [0.15, 0.2) is 29.3 Å². The van der Waals surface area contributed by atoms with Crippen molar-refractivity contribution < 1.29 is 0 Å². The lowest BCUT2D eigenvalue weighted by Gasteiger charge is -2.10. The number of rotatable bonds is 2. The lowest BCUT2D eigenvalue weighted by molar-refractivity contribution is 0.587. The summed E-state index contributed by atoms with van der Waals surface area (Å²) in [5, 5.41) is 0. The standard InChI is InChI=1S/C13H19N3/c14-11-7-5-10(6-8-11)9-12-3-1-2-4-13(15)16-12/h5-8,12H,1-4,9,14H2,(H2,15,16). The first-order valence-corrected chi connectivity index (χ1v) is 5.90. The zero-order chi connectivity index (χ0) is 11.4. The van der Waals surface area contributed by atoms with Gasteiger partial charge in [0.25, 0.3) is 0 Å². The molecule has 2 rings (SSSR count). The fraction of sp³-hybridized carbons (Fsp3) is 0.462. The Labute approximate surface area is 96.6 Å². The normalized spacial score (nSPS) is 21.2. The monoisotopic (exact) mass is 217 g/mol. The summed E-state index contributed by atoms with van der Waals surface area (Å²) in [6, 6.07) is 8.39. The van der Waals surface area contributed by atoms with Gasteiger partial charge in [0.15, 0.2) is 0 Å². The number of nitrogen functional groups attached to an aromatic ring is 1. The van der Waals surface area contributed by atoms with Gasteiger partial charge in [-0.15, -0.1) is 0 Å². The van der Waals surface area contributed by atoms with Crippen molar-refractivity contribution >= 4 is 11.5 Å². The van der Waals surface area contributed by atoms with E-state index in [0.717, 1.165) is 30.8 Å². The second-order valence-electron chi connectivity index (χ2n) is 4.47. The third-order valence-electron chi connectivity index (χ3n) is 3.02. The molecule has 0 aliphatic carbocycles. The molecule has 1 aliphatic heterocycles. The van der Waals surface area contributed by atoms with E-state index in [9.17, 15) is 0 Å². The number of benzene rings is 1. The summed E-state index contributed by atoms with van der Waals surface area (Å²) in [6.45, 7) is 0. The van der Waals surface area contributed by atoms with E-state index >= 15 is 0 Å². The second kappa shape index (κ2) is 5.01. The summed E-state index contributed by atoms with van der Waals surface area (Å²) in [6.07, 6.45) is 5.47. The summed E-state index contributed by atoms with van der Waals surface area (Å²) in [7, 11) is 0. The fourth-order valence-corrected chi connectivity index (χ4v) is 2.12. The van der Waals surface area contributed by atoms with Crippen LogP contribution in [0.3, 0.4) is 0 Å². The molecule has 0 bridgehead atoms. The van der Waals surface area contributed by atoms with Gasteiger partial charge in [-0.25, -0.2) is 0 Å². The zero-order valence-electron chi connectivity index (χ0n) is 9.52. The molecule has 0 amide bonds. The Morgan fingerprint density at radius 3 is 2.62 bits per heavy atom. The molecule has 4 N–H and O–H groups in total. The van der Waals surface area contributed by atoms with Gasteiger partial charge in [-0.1, -0.05) is 18.6 Å². The molecule has 16 heavy (non-hydrogen) atoms. The lowest BCUT2D eigenvalue weighted by Crippen LogP contribution is -2.15. The Hall–Kier alpha value is -1.51. The maximum Gasteiger partial charge on any atom is 0.0940 e. The maximum atomic E-state index is 5.83. The largest absolute Gasteiger partial charge is 0.399 e. The van der Waals surface area contributed by atoms with Crippen molar-refractivity contribution in [3.63, 3.8) is 0 Å². The molecule has 1 atom stereocenters. The molecule has 1 aromatic rings. The summed E-state index contributed by atoms with van der Waals surface area (Å²) in [5.41, 5.74) is 13.6. The van der Waals surface area contributed by atoms with Crippen molar-refractivity contribution in [2.45, 2.75) is 38.1 Å². The van der Waals surface area contributed by atoms with Crippen LogP contribution in [0.25, 0.3) is 0 Å². The van der Waals surface area contributed by atoms with Crippen LogP contribution in [-0.4, -0.2) is 11.9 Å². The van der Waals surface area contributed by atoms with Crippen LogP contribution in [0.5, 0.6) is 0 Å². The SMILES string of the molecule is NC1=NC(Cc2ccc(N)cc2)CCCC1. The van der Waals surface area contributed by atoms with E-state index in [-0.39, 0.29) is 0 Å². The first kappa shape index (κ1) is 11.0. The molecule has 0 fully saturated rings. The van der Waals surface area contributed by atoms with Crippen molar-refractivity contribution in [1.82, 2.24) is 0 Å². The van der Waals surface area contributed by atoms with Gasteiger partial charge >= 0.3 is 0 Å². The van der Waals surface area contributed by atoms with Crippen LogP contribution in [-0.2, 0) is 6.42 Å². The van der Waals surface area contributed by atoms with E-state index in [1.807, 2.05) is 12.1 Å². The van der Waals surface area contributed by atoms with Gasteiger partial charge < -0.3 is 11.5 Å². The van der Waals surface area contributed by atoms with Crippen LogP contribution in [0.2, 0.25) is 0 Å². The number of anilines is 1. The Morgan fingerprint density at radius 1 is 1.12 bits per heavy atom. The summed E-state index contributed by atoms with van der Waals surface area (Å²) >= 11 is 0. The first-order chi connectivity index (χ1) is 7.74. The summed E-state index contributed by atoms with van der Waals surface area (Å²) in [4.78, 5) is 4.56. The van der Waals surface area contributed by atoms with E-state index in [4.69, 9.17) is 11.5 Å². The molecule has 0 radical (unpaired) electrons. The fourth-order valence-electron chi connectivity index (χ4n) is 2.12. The zero-order valence-corrected chi connectivity index (χ0v) is 9.52. The quantitative estimate of drug-likeness (QED) is 0.745. The molecule has 1 heterocycles. The molecule has 0 saturated carbocycles. The lowest BCUT2D eigenvalue weighted by atomic mass is 10.0. The minimum absolute atomic E-state index is 0.353. The first-order valence-electron chi connectivity index (χ1n) is 5.90. The van der Waals surface area contributed by atoms with E-state index in [1.165, 1.54) is 18.4 Å². The van der Waals surface area contributed by atoms with Crippen molar-refractivity contribution in [2.24, 2.45) is 10.7 Å². The number of nitrogens with zero attached hydrogens (tertiary/aromatic N) is 1. The van der Waals surface area contributed by atoms with Crippen molar-refractivity contribution in [3.05, 3.63) is 29.8 Å². The van der Waals surface area contributed by atoms with Crippen LogP contribution >= 0.6 is 0 Å². The van der Waals surface area contributed by atoms with Crippen molar-refractivity contribution in [2.75, 3.05) is 5.73 Å². The third kappa shape index (κ3) is 2.99. The van der Waals surface area contributed by atoms with E-state index in [1.54, 1.807) is 0 Å². The number of nitrogens with two attached hydrogens (primary N) is 2. The van der Waals surface area contributed by atoms with Crippen LogP contribution in [0, 0.1) is 0 Å². The van der Waals surface area contributed by atoms with E-state index in [0.29, 0.717) is 6.04 Å². The number of aliphatic imine (C=N–C) groups is 1. The van der Waals surface area contributed by atoms with Crippen molar-refractivity contribution in [1.29, 1.82) is 0 Å². The average Bonchev–Trinajstić information content (AvgIpc) is 2.46. The molecule has 1 unspecified atom stereocenters. The topological polar surface area (TPSA) is 64.4 Å². The van der Waals surface area contributed by atoms with Gasteiger partial charge in [0.2, 0.25) is 0 Å². The molecule has 1 aromatic carbocycles. The number of hydrogen-bond donors (Lipinski definition) is 2. The molecule has 86 valence electrons. The minimum Gasteiger partial charge on any atom is -0.399 e. The summed E-state index contributed by atoms with van der Waals surface area (Å²) in [5.74, 6) is 0.818. The minimum atomic E-state index is 0.353. The van der Waals surface area contributed by atoms with Gasteiger partial charge in [-0.3, -0.25) is 4.99 Å². The Kier molecular flexibility index (Phi) is 3.44. The van der Waals surface area contributed by atoms with Gasteiger partial charge in [-0.2, -0.15) is 0 Å². The smallest absolute Gasteiger partial charge is 0.0940 e. The Balaban J connectivity index is 2.03. The van der Waals surface area contributed by atoms with Crippen molar-refractivity contribution in [3.8, 4) is 0 Å². The highest BCUT2D eigenvalue weighted by Gasteiger charge is 2.12. The molecule has 0 spiro atoms. The molecule has 3 nitrogen and oxygen atoms in total. The predicted molar refractivity (Wildman–Crippen MR) is 68.4 cm³/mol. The van der Waals surface area contributed by atoms with Gasteiger partial charge in [-0.05, 0) is 37.0 Å². The highest BCUT2D eigenvalue weighted by molar-refractivity contribution is 5.80. The third-order valence-corrected chi connectivity index (χ3v) is 3.02. The molecule has 1 aliphatic rings. The molecular weight excluding hydrogens is 198 g/mol. The molecular formula is C13H19N3. The Morgan fingerprint density at radius 2 is 1.88 bits per heavy atom. The predicted octanol–water partition coefficient (Wildman–Crippen LogP) is 2.11. The second-order valence-corrected chi connectivity index (χ2v) is 4.47. The molecule has 0 aromatic heterocycles. The Bertz CT molecular complexity index is 367.